The molecule has 1 atom stereocenters. The van der Waals surface area contributed by atoms with Crippen LogP contribution >= 0.6 is 0 Å². The fourth-order valence-electron chi connectivity index (χ4n) is 2.10. The second-order valence-electron chi connectivity index (χ2n) is 5.11. The molecule has 7 heteroatoms. The van der Waals surface area contributed by atoms with Gasteiger partial charge in [0.05, 0.1) is 12.7 Å². The minimum atomic E-state index is -4.44. The lowest BCUT2D eigenvalue weighted by molar-refractivity contribution is -0.142. The molecule has 24 heavy (non-hydrogen) atoms. The second-order valence-corrected chi connectivity index (χ2v) is 5.11. The van der Waals surface area contributed by atoms with Crippen molar-refractivity contribution in [1.82, 2.24) is 0 Å². The van der Waals surface area contributed by atoms with Gasteiger partial charge in [0.15, 0.2) is 0 Å². The maximum Gasteiger partial charge on any atom is 0.416 e. The van der Waals surface area contributed by atoms with Crippen LogP contribution in [0.5, 0.6) is 11.5 Å². The Hall–Kier alpha value is -2.54. The zero-order valence-electron chi connectivity index (χ0n) is 12.8. The van der Waals surface area contributed by atoms with Gasteiger partial charge in [0.2, 0.25) is 0 Å². The Bertz CT molecular complexity index is 716. The van der Waals surface area contributed by atoms with E-state index in [9.17, 15) is 18.0 Å². The van der Waals surface area contributed by atoms with Crippen LogP contribution in [-0.4, -0.2) is 19.1 Å². The standard InChI is InChI=1S/C17H16F3NO3/c1-23-16(22)15(21)9-11-4-2-6-13(8-11)24-14-7-3-5-12(10-14)17(18,19)20/h2-8,10,15H,9,21H2,1H3/t15-/m1/s1. The molecule has 0 aromatic heterocycles. The number of rotatable bonds is 5. The highest BCUT2D eigenvalue weighted by molar-refractivity contribution is 5.75. The van der Waals surface area contributed by atoms with Crippen molar-refractivity contribution in [3.63, 3.8) is 0 Å². The Kier molecular flexibility index (Phi) is 5.46. The zero-order chi connectivity index (χ0) is 17.7. The number of benzene rings is 2. The molecule has 0 aliphatic carbocycles. The van der Waals surface area contributed by atoms with Crippen LogP contribution in [0, 0.1) is 0 Å². The summed E-state index contributed by atoms with van der Waals surface area (Å²) < 4.78 is 48.2. The van der Waals surface area contributed by atoms with Crippen LogP contribution < -0.4 is 10.5 Å². The van der Waals surface area contributed by atoms with Crippen LogP contribution in [0.3, 0.4) is 0 Å². The van der Waals surface area contributed by atoms with Crippen molar-refractivity contribution < 1.29 is 27.4 Å². The number of carbonyl (C=O) groups excluding carboxylic acids is 1. The Labute approximate surface area is 137 Å². The number of hydrogen-bond donors (Lipinski definition) is 1. The first kappa shape index (κ1) is 17.8. The second kappa shape index (κ2) is 7.35. The van der Waals surface area contributed by atoms with E-state index in [-0.39, 0.29) is 12.2 Å². The van der Waals surface area contributed by atoms with E-state index in [1.165, 1.54) is 19.2 Å². The van der Waals surface area contributed by atoms with Crippen molar-refractivity contribution in [2.45, 2.75) is 18.6 Å². The minimum absolute atomic E-state index is 0.0687. The van der Waals surface area contributed by atoms with Crippen LogP contribution in [0.1, 0.15) is 11.1 Å². The SMILES string of the molecule is COC(=O)[C@H](N)Cc1cccc(Oc2cccc(C(F)(F)F)c2)c1. The van der Waals surface area contributed by atoms with E-state index in [0.29, 0.717) is 11.3 Å². The third-order valence-electron chi connectivity index (χ3n) is 3.26. The molecule has 0 aliphatic heterocycles. The average Bonchev–Trinajstić information content (AvgIpc) is 2.54. The summed E-state index contributed by atoms with van der Waals surface area (Å²) in [5.41, 5.74) is 5.61. The first-order valence-corrected chi connectivity index (χ1v) is 7.07. The topological polar surface area (TPSA) is 61.5 Å². The van der Waals surface area contributed by atoms with Crippen LogP contribution in [0.15, 0.2) is 48.5 Å². The Morgan fingerprint density at radius 3 is 2.38 bits per heavy atom. The van der Waals surface area contributed by atoms with E-state index in [0.717, 1.165) is 12.1 Å². The van der Waals surface area contributed by atoms with Crippen molar-refractivity contribution in [2.75, 3.05) is 7.11 Å². The number of nitrogens with two attached hydrogens (primary N) is 1. The van der Waals surface area contributed by atoms with Crippen molar-refractivity contribution in [1.29, 1.82) is 0 Å². The summed E-state index contributed by atoms with van der Waals surface area (Å²) in [7, 11) is 1.25. The highest BCUT2D eigenvalue weighted by Crippen LogP contribution is 2.32. The number of esters is 1. The van der Waals surface area contributed by atoms with Gasteiger partial charge in [-0.1, -0.05) is 18.2 Å². The summed E-state index contributed by atoms with van der Waals surface area (Å²) >= 11 is 0. The molecule has 0 heterocycles. The van der Waals surface area contributed by atoms with Gasteiger partial charge < -0.3 is 15.2 Å². The molecule has 0 saturated heterocycles. The van der Waals surface area contributed by atoms with E-state index in [2.05, 4.69) is 4.74 Å². The lowest BCUT2D eigenvalue weighted by Crippen LogP contribution is -2.33. The molecule has 0 aliphatic rings. The summed E-state index contributed by atoms with van der Waals surface area (Å²) in [4.78, 5) is 11.3. The lowest BCUT2D eigenvalue weighted by Gasteiger charge is -2.12. The van der Waals surface area contributed by atoms with Gasteiger partial charge in [-0.15, -0.1) is 0 Å². The van der Waals surface area contributed by atoms with Crippen molar-refractivity contribution in [2.24, 2.45) is 5.73 Å². The van der Waals surface area contributed by atoms with Crippen LogP contribution in [-0.2, 0) is 22.1 Å². The molecule has 0 saturated carbocycles. The van der Waals surface area contributed by atoms with E-state index in [1.807, 2.05) is 0 Å². The van der Waals surface area contributed by atoms with Crippen molar-refractivity contribution >= 4 is 5.97 Å². The number of hydrogen-bond acceptors (Lipinski definition) is 4. The highest BCUT2D eigenvalue weighted by atomic mass is 19.4. The fraction of sp³-hybridized carbons (Fsp3) is 0.235. The van der Waals surface area contributed by atoms with Gasteiger partial charge in [0, 0.05) is 0 Å². The largest absolute Gasteiger partial charge is 0.468 e. The first-order valence-electron chi connectivity index (χ1n) is 7.07. The molecule has 0 bridgehead atoms. The molecule has 2 aromatic carbocycles. The third-order valence-corrected chi connectivity index (χ3v) is 3.26. The molecule has 0 spiro atoms. The molecule has 0 fully saturated rings. The van der Waals surface area contributed by atoms with Gasteiger partial charge in [0.1, 0.15) is 17.5 Å². The monoisotopic (exact) mass is 339 g/mol. The summed E-state index contributed by atoms with van der Waals surface area (Å²) in [6.45, 7) is 0. The van der Waals surface area contributed by atoms with Crippen LogP contribution in [0.25, 0.3) is 0 Å². The number of halogens is 3. The van der Waals surface area contributed by atoms with Crippen molar-refractivity contribution in [3.8, 4) is 11.5 Å². The Balaban J connectivity index is 2.14. The van der Waals surface area contributed by atoms with Crippen molar-refractivity contribution in [3.05, 3.63) is 59.7 Å². The molecule has 2 aromatic rings. The van der Waals surface area contributed by atoms with Crippen LogP contribution in [0.2, 0.25) is 0 Å². The zero-order valence-corrected chi connectivity index (χ0v) is 12.8. The van der Waals surface area contributed by atoms with E-state index >= 15 is 0 Å². The van der Waals surface area contributed by atoms with Gasteiger partial charge in [-0.3, -0.25) is 4.79 Å². The molecule has 2 rings (SSSR count). The number of carbonyl (C=O) groups is 1. The minimum Gasteiger partial charge on any atom is -0.468 e. The third kappa shape index (κ3) is 4.73. The molecule has 0 unspecified atom stereocenters. The first-order chi connectivity index (χ1) is 11.3. The van der Waals surface area contributed by atoms with Crippen LogP contribution in [0.4, 0.5) is 13.2 Å². The van der Waals surface area contributed by atoms with E-state index in [4.69, 9.17) is 10.5 Å². The molecule has 0 amide bonds. The molecule has 4 nitrogen and oxygen atoms in total. The predicted molar refractivity (Wildman–Crippen MR) is 81.7 cm³/mol. The summed E-state index contributed by atoms with van der Waals surface area (Å²) in [5.74, 6) is -0.123. The molecular weight excluding hydrogens is 323 g/mol. The number of ether oxygens (including phenoxy) is 2. The van der Waals surface area contributed by atoms with Gasteiger partial charge in [-0.25, -0.2) is 0 Å². The van der Waals surface area contributed by atoms with E-state index < -0.39 is 23.8 Å². The lowest BCUT2D eigenvalue weighted by atomic mass is 10.1. The summed E-state index contributed by atoms with van der Waals surface area (Å²) in [5, 5.41) is 0. The van der Waals surface area contributed by atoms with Gasteiger partial charge in [-0.05, 0) is 42.3 Å². The van der Waals surface area contributed by atoms with Gasteiger partial charge in [-0.2, -0.15) is 13.2 Å². The Morgan fingerprint density at radius 1 is 1.12 bits per heavy atom. The average molecular weight is 339 g/mol. The predicted octanol–water partition coefficient (Wildman–Crippen LogP) is 3.54. The fourth-order valence-corrected chi connectivity index (χ4v) is 2.10. The van der Waals surface area contributed by atoms with Gasteiger partial charge in [0.25, 0.3) is 0 Å². The highest BCUT2D eigenvalue weighted by Gasteiger charge is 2.30. The molecular formula is C17H16F3NO3. The van der Waals surface area contributed by atoms with Gasteiger partial charge >= 0.3 is 12.1 Å². The summed E-state index contributed by atoms with van der Waals surface area (Å²) in [6.07, 6.45) is -4.21. The smallest absolute Gasteiger partial charge is 0.416 e. The maximum absolute atomic E-state index is 12.7. The number of methoxy groups -OCH3 is 1. The van der Waals surface area contributed by atoms with E-state index in [1.54, 1.807) is 24.3 Å². The Morgan fingerprint density at radius 2 is 1.75 bits per heavy atom. The maximum atomic E-state index is 12.7. The number of alkyl halides is 3. The molecule has 128 valence electrons. The normalized spacial score (nSPS) is 12.5. The molecule has 0 radical (unpaired) electrons. The summed E-state index contributed by atoms with van der Waals surface area (Å²) in [6, 6.07) is 10.4. The quantitative estimate of drug-likeness (QED) is 0.847. The molecule has 2 N–H and O–H groups in total.